The first-order valence-electron chi connectivity index (χ1n) is 10.2. The van der Waals surface area contributed by atoms with Crippen molar-refractivity contribution >= 4 is 39.2 Å². The highest BCUT2D eigenvalue weighted by atomic mass is 16.6. The third kappa shape index (κ3) is 3.27. The summed E-state index contributed by atoms with van der Waals surface area (Å²) in [6.45, 7) is 2.80. The van der Waals surface area contributed by atoms with Crippen LogP contribution in [0.15, 0.2) is 48.5 Å². The average molecular weight is 405 g/mol. The fraction of sp³-hybridized carbons (Fsp3) is 0.333. The average Bonchev–Trinajstić information content (AvgIpc) is 2.72. The van der Waals surface area contributed by atoms with E-state index in [0.717, 1.165) is 22.0 Å². The van der Waals surface area contributed by atoms with Gasteiger partial charge in [0.1, 0.15) is 25.0 Å². The molecule has 3 aromatic carbocycles. The van der Waals surface area contributed by atoms with E-state index in [0.29, 0.717) is 6.42 Å². The smallest absolute Gasteiger partial charge is 0.303 e. The molecule has 0 saturated carbocycles. The van der Waals surface area contributed by atoms with Gasteiger partial charge in [-0.25, -0.2) is 0 Å². The Labute approximate surface area is 174 Å². The number of rotatable bonds is 3. The van der Waals surface area contributed by atoms with Crippen LogP contribution >= 0.6 is 0 Å². The molecule has 1 N–H and O–H groups in total. The van der Waals surface area contributed by atoms with Crippen molar-refractivity contribution in [2.75, 3.05) is 11.9 Å². The predicted molar refractivity (Wildman–Crippen MR) is 113 cm³/mol. The molecule has 0 aromatic heterocycles. The van der Waals surface area contributed by atoms with Crippen LogP contribution in [-0.4, -0.2) is 37.0 Å². The summed E-state index contributed by atoms with van der Waals surface area (Å²) in [5.74, 6) is -0.802. The van der Waals surface area contributed by atoms with Crippen LogP contribution in [0.4, 0.5) is 5.69 Å². The summed E-state index contributed by atoms with van der Waals surface area (Å²) in [6, 6.07) is 16.9. The molecule has 0 radical (unpaired) electrons. The summed E-state index contributed by atoms with van der Waals surface area (Å²) in [5.41, 5.74) is 2.11. The third-order valence-electron chi connectivity index (χ3n) is 5.95. The zero-order valence-electron chi connectivity index (χ0n) is 16.9. The van der Waals surface area contributed by atoms with Crippen LogP contribution in [0.1, 0.15) is 31.7 Å². The summed E-state index contributed by atoms with van der Waals surface area (Å²) in [5, 5.41) is 8.14. The Hall–Kier alpha value is -3.12. The normalized spacial score (nSPS) is 24.7. The van der Waals surface area contributed by atoms with E-state index in [1.165, 1.54) is 24.6 Å². The molecule has 3 aromatic rings. The molecule has 0 amide bonds. The highest BCUT2D eigenvalue weighted by Gasteiger charge is 2.46. The quantitative estimate of drug-likeness (QED) is 0.522. The molecule has 0 unspecified atom stereocenters. The number of ether oxygens (including phenoxy) is 3. The first-order valence-corrected chi connectivity index (χ1v) is 10.2. The Morgan fingerprint density at radius 3 is 2.53 bits per heavy atom. The first-order chi connectivity index (χ1) is 14.5. The van der Waals surface area contributed by atoms with E-state index in [1.807, 2.05) is 12.1 Å². The van der Waals surface area contributed by atoms with Gasteiger partial charge >= 0.3 is 11.9 Å². The van der Waals surface area contributed by atoms with Gasteiger partial charge in [-0.3, -0.25) is 9.59 Å². The van der Waals surface area contributed by atoms with Crippen LogP contribution in [0.25, 0.3) is 21.5 Å². The highest BCUT2D eigenvalue weighted by molar-refractivity contribution is 6.05. The lowest BCUT2D eigenvalue weighted by molar-refractivity contribution is -0.183. The number of hydrogen-bond acceptors (Lipinski definition) is 6. The standard InChI is InChI=1S/C24H23NO5/c1-13(26)28-12-21-24(29-14(2)27)20-11-22(30-21)25-23-18(20)8-7-17-9-15-5-3-4-6-16(15)10-19(17)23/h3-10,20-22,24-25H,11-12H2,1-2H3/t20-,21-,22+,24-/m1/s1. The van der Waals surface area contributed by atoms with Gasteiger partial charge in [-0.05, 0) is 33.9 Å². The maximum atomic E-state index is 11.8. The van der Waals surface area contributed by atoms with Crippen LogP contribution in [0.5, 0.6) is 0 Å². The Balaban J connectivity index is 1.60. The number of anilines is 1. The van der Waals surface area contributed by atoms with Crippen molar-refractivity contribution in [3.8, 4) is 0 Å². The Morgan fingerprint density at radius 2 is 1.80 bits per heavy atom. The summed E-state index contributed by atoms with van der Waals surface area (Å²) in [4.78, 5) is 23.1. The maximum absolute atomic E-state index is 11.8. The van der Waals surface area contributed by atoms with Gasteiger partial charge in [0.05, 0.1) is 0 Å². The minimum atomic E-state index is -0.519. The minimum Gasteiger partial charge on any atom is -0.463 e. The molecule has 6 heteroatoms. The second kappa shape index (κ2) is 7.29. The van der Waals surface area contributed by atoms with E-state index in [1.54, 1.807) is 0 Å². The van der Waals surface area contributed by atoms with Gasteiger partial charge < -0.3 is 19.5 Å². The molecule has 30 heavy (non-hydrogen) atoms. The number of hydrogen-bond donors (Lipinski definition) is 1. The fourth-order valence-electron chi connectivity index (χ4n) is 4.71. The Morgan fingerprint density at radius 1 is 1.03 bits per heavy atom. The summed E-state index contributed by atoms with van der Waals surface area (Å²) in [7, 11) is 0. The third-order valence-corrected chi connectivity index (χ3v) is 5.95. The largest absolute Gasteiger partial charge is 0.463 e. The molecule has 1 saturated heterocycles. The van der Waals surface area contributed by atoms with E-state index < -0.39 is 12.2 Å². The van der Waals surface area contributed by atoms with Crippen molar-refractivity contribution in [1.82, 2.24) is 0 Å². The van der Waals surface area contributed by atoms with Crippen molar-refractivity contribution in [3.63, 3.8) is 0 Å². The molecule has 2 heterocycles. The number of carbonyl (C=O) groups excluding carboxylic acids is 2. The van der Waals surface area contributed by atoms with E-state index in [9.17, 15) is 9.59 Å². The molecule has 5 rings (SSSR count). The second-order valence-corrected chi connectivity index (χ2v) is 7.98. The molecule has 1 fully saturated rings. The first kappa shape index (κ1) is 18.9. The highest BCUT2D eigenvalue weighted by Crippen LogP contribution is 2.46. The Bertz CT molecular complexity index is 1160. The minimum absolute atomic E-state index is 0.0414. The van der Waals surface area contributed by atoms with E-state index in [2.05, 4.69) is 41.7 Å². The van der Waals surface area contributed by atoms with Crippen LogP contribution in [0.3, 0.4) is 0 Å². The van der Waals surface area contributed by atoms with Crippen LogP contribution in [0.2, 0.25) is 0 Å². The SMILES string of the molecule is CC(=O)OC[C@H]1O[C@H]2C[C@H](c3ccc4cc5ccccc5cc4c3N2)[C@H]1OC(C)=O. The Kier molecular flexibility index (Phi) is 4.59. The van der Waals surface area contributed by atoms with Gasteiger partial charge in [-0.2, -0.15) is 0 Å². The number of esters is 2. The topological polar surface area (TPSA) is 73.9 Å². The van der Waals surface area contributed by atoms with Crippen LogP contribution in [-0.2, 0) is 23.8 Å². The molecule has 4 atom stereocenters. The molecule has 2 bridgehead atoms. The number of benzene rings is 3. The van der Waals surface area contributed by atoms with Crippen molar-refractivity contribution in [2.45, 2.75) is 44.6 Å². The number of carbonyl (C=O) groups is 2. The van der Waals surface area contributed by atoms with E-state index in [-0.39, 0.29) is 30.7 Å². The molecule has 2 aliphatic rings. The monoisotopic (exact) mass is 405 g/mol. The molecule has 154 valence electrons. The van der Waals surface area contributed by atoms with Crippen LogP contribution in [0, 0.1) is 0 Å². The fourth-order valence-corrected chi connectivity index (χ4v) is 4.71. The molecule has 2 aliphatic heterocycles. The molecule has 0 spiro atoms. The van der Waals surface area contributed by atoms with Crippen molar-refractivity contribution < 1.29 is 23.8 Å². The number of fused-ring (bicyclic) bond motifs is 7. The lowest BCUT2D eigenvalue weighted by atomic mass is 9.80. The van der Waals surface area contributed by atoms with E-state index >= 15 is 0 Å². The predicted octanol–water partition coefficient (Wildman–Crippen LogP) is 4.11. The van der Waals surface area contributed by atoms with Gasteiger partial charge in [0, 0.05) is 37.3 Å². The molecular weight excluding hydrogens is 382 g/mol. The van der Waals surface area contributed by atoms with Crippen LogP contribution < -0.4 is 5.32 Å². The lowest BCUT2D eigenvalue weighted by Crippen LogP contribution is -2.52. The molecule has 0 aliphatic carbocycles. The number of nitrogens with one attached hydrogen (secondary N) is 1. The maximum Gasteiger partial charge on any atom is 0.303 e. The van der Waals surface area contributed by atoms with Gasteiger partial charge in [0.25, 0.3) is 0 Å². The lowest BCUT2D eigenvalue weighted by Gasteiger charge is -2.45. The van der Waals surface area contributed by atoms with Crippen molar-refractivity contribution in [1.29, 1.82) is 0 Å². The van der Waals surface area contributed by atoms with Gasteiger partial charge in [-0.1, -0.05) is 36.4 Å². The van der Waals surface area contributed by atoms with Crippen molar-refractivity contribution in [3.05, 3.63) is 54.1 Å². The van der Waals surface area contributed by atoms with E-state index in [4.69, 9.17) is 14.2 Å². The van der Waals surface area contributed by atoms with Crippen molar-refractivity contribution in [2.24, 2.45) is 0 Å². The summed E-state index contributed by atoms with van der Waals surface area (Å²) < 4.78 is 17.0. The molecular formula is C24H23NO5. The summed E-state index contributed by atoms with van der Waals surface area (Å²) >= 11 is 0. The van der Waals surface area contributed by atoms with Gasteiger partial charge in [-0.15, -0.1) is 0 Å². The van der Waals surface area contributed by atoms with Gasteiger partial charge in [0.2, 0.25) is 0 Å². The summed E-state index contributed by atoms with van der Waals surface area (Å²) in [6.07, 6.45) is -0.598. The molecule has 6 nitrogen and oxygen atoms in total. The van der Waals surface area contributed by atoms with Gasteiger partial charge in [0.15, 0.2) is 0 Å². The zero-order valence-corrected chi connectivity index (χ0v) is 16.9. The second-order valence-electron chi connectivity index (χ2n) is 7.98. The zero-order chi connectivity index (χ0) is 20.8.